The van der Waals surface area contributed by atoms with Gasteiger partial charge in [-0.1, -0.05) is 6.07 Å². The molecule has 1 heterocycles. The van der Waals surface area contributed by atoms with Crippen molar-refractivity contribution in [2.24, 2.45) is 0 Å². The van der Waals surface area contributed by atoms with Gasteiger partial charge in [0.2, 0.25) is 5.91 Å². The van der Waals surface area contributed by atoms with Crippen LogP contribution in [0.4, 0.5) is 11.4 Å². The Balaban J connectivity index is 1.90. The number of hydrogen-bond donors (Lipinski definition) is 1. The Morgan fingerprint density at radius 3 is 2.09 bits per heavy atom. The average molecular weight is 483 g/mol. The van der Waals surface area contributed by atoms with Gasteiger partial charge in [-0.05, 0) is 45.0 Å². The first-order chi connectivity index (χ1) is 16.6. The lowest BCUT2D eigenvalue weighted by Gasteiger charge is -2.22. The SMILES string of the molecule is CCOC(=O)c1cc(NC(=O)C(C)N2C(=O)c3cccc([N+](=O)[O-])c3C2=O)cc(C(=O)OCC)c1. The van der Waals surface area contributed by atoms with Gasteiger partial charge in [0.15, 0.2) is 0 Å². The number of nitro groups is 1. The number of fused-ring (bicyclic) bond motifs is 1. The molecule has 2 aromatic carbocycles. The summed E-state index contributed by atoms with van der Waals surface area (Å²) in [6, 6.07) is 6.03. The summed E-state index contributed by atoms with van der Waals surface area (Å²) in [4.78, 5) is 74.2. The monoisotopic (exact) mass is 483 g/mol. The zero-order valence-electron chi connectivity index (χ0n) is 19.0. The molecule has 1 atom stereocenters. The molecule has 1 unspecified atom stereocenters. The van der Waals surface area contributed by atoms with E-state index in [9.17, 15) is 34.1 Å². The molecule has 0 bridgehead atoms. The summed E-state index contributed by atoms with van der Waals surface area (Å²) in [5, 5.41) is 13.8. The normalized spacial score (nSPS) is 13.2. The summed E-state index contributed by atoms with van der Waals surface area (Å²) in [7, 11) is 0. The highest BCUT2D eigenvalue weighted by Crippen LogP contribution is 2.32. The van der Waals surface area contributed by atoms with E-state index in [2.05, 4.69) is 5.32 Å². The third kappa shape index (κ3) is 4.86. The maximum absolute atomic E-state index is 13.0. The van der Waals surface area contributed by atoms with E-state index in [1.54, 1.807) is 13.8 Å². The molecule has 2 aromatic rings. The minimum Gasteiger partial charge on any atom is -0.462 e. The number of amides is 3. The topological polar surface area (TPSA) is 162 Å². The number of anilines is 1. The fourth-order valence-electron chi connectivity index (χ4n) is 3.52. The van der Waals surface area contributed by atoms with Gasteiger partial charge in [-0.15, -0.1) is 0 Å². The van der Waals surface area contributed by atoms with Gasteiger partial charge in [0, 0.05) is 11.8 Å². The van der Waals surface area contributed by atoms with E-state index in [-0.39, 0.29) is 35.6 Å². The van der Waals surface area contributed by atoms with Crippen LogP contribution in [0.2, 0.25) is 0 Å². The van der Waals surface area contributed by atoms with Crippen molar-refractivity contribution < 1.29 is 38.4 Å². The van der Waals surface area contributed by atoms with Crippen molar-refractivity contribution in [1.82, 2.24) is 4.90 Å². The molecule has 0 saturated heterocycles. The van der Waals surface area contributed by atoms with Crippen molar-refractivity contribution >= 4 is 41.0 Å². The van der Waals surface area contributed by atoms with Gasteiger partial charge in [0.25, 0.3) is 17.5 Å². The molecule has 0 fully saturated rings. The van der Waals surface area contributed by atoms with E-state index in [0.29, 0.717) is 4.90 Å². The standard InChI is InChI=1S/C23H21N3O9/c1-4-34-22(30)13-9-14(23(31)35-5-2)11-15(10-13)24-19(27)12(3)25-20(28)16-7-6-8-17(26(32)33)18(16)21(25)29/h6-12H,4-5H2,1-3H3,(H,24,27). The van der Waals surface area contributed by atoms with Gasteiger partial charge >= 0.3 is 11.9 Å². The minimum absolute atomic E-state index is 0.0121. The quantitative estimate of drug-likeness (QED) is 0.257. The van der Waals surface area contributed by atoms with E-state index in [4.69, 9.17) is 9.47 Å². The highest BCUT2D eigenvalue weighted by atomic mass is 16.6. The molecule has 0 aliphatic carbocycles. The fourth-order valence-corrected chi connectivity index (χ4v) is 3.52. The number of rotatable bonds is 8. The summed E-state index contributed by atoms with van der Waals surface area (Å²) in [6.07, 6.45) is 0. The highest BCUT2D eigenvalue weighted by molar-refractivity contribution is 6.25. The predicted molar refractivity (Wildman–Crippen MR) is 120 cm³/mol. The van der Waals surface area contributed by atoms with Crippen LogP contribution >= 0.6 is 0 Å². The molecule has 0 radical (unpaired) electrons. The van der Waals surface area contributed by atoms with Crippen molar-refractivity contribution in [2.45, 2.75) is 26.8 Å². The molecule has 0 aromatic heterocycles. The van der Waals surface area contributed by atoms with Crippen LogP contribution in [0.5, 0.6) is 0 Å². The number of hydrogen-bond acceptors (Lipinski definition) is 9. The number of nitrogens with one attached hydrogen (secondary N) is 1. The maximum atomic E-state index is 13.0. The van der Waals surface area contributed by atoms with Gasteiger partial charge < -0.3 is 14.8 Å². The fraction of sp³-hybridized carbons (Fsp3) is 0.261. The van der Waals surface area contributed by atoms with Gasteiger partial charge in [0.1, 0.15) is 11.6 Å². The Labute approximate surface area is 198 Å². The number of esters is 2. The van der Waals surface area contributed by atoms with Gasteiger partial charge in [0.05, 0.1) is 34.8 Å². The number of nitro benzene ring substituents is 1. The number of imide groups is 1. The third-order valence-corrected chi connectivity index (χ3v) is 5.11. The van der Waals surface area contributed by atoms with E-state index in [1.165, 1.54) is 37.3 Å². The van der Waals surface area contributed by atoms with Crippen molar-refractivity contribution in [3.63, 3.8) is 0 Å². The summed E-state index contributed by atoms with van der Waals surface area (Å²) >= 11 is 0. The van der Waals surface area contributed by atoms with E-state index in [1.807, 2.05) is 0 Å². The number of nitrogens with zero attached hydrogens (tertiary/aromatic N) is 2. The van der Waals surface area contributed by atoms with Crippen LogP contribution in [0.15, 0.2) is 36.4 Å². The number of ether oxygens (including phenoxy) is 2. The number of carbonyl (C=O) groups is 5. The molecule has 1 aliphatic rings. The summed E-state index contributed by atoms with van der Waals surface area (Å²) in [5.74, 6) is -4.15. The van der Waals surface area contributed by atoms with Crippen LogP contribution in [0, 0.1) is 10.1 Å². The molecule has 35 heavy (non-hydrogen) atoms. The molecule has 182 valence electrons. The Hall–Kier alpha value is -4.61. The molecule has 12 heteroatoms. The molecule has 0 saturated carbocycles. The third-order valence-electron chi connectivity index (χ3n) is 5.11. The molecular formula is C23H21N3O9. The lowest BCUT2D eigenvalue weighted by molar-refractivity contribution is -0.385. The van der Waals surface area contributed by atoms with Crippen LogP contribution in [0.1, 0.15) is 62.2 Å². The second-order valence-corrected chi connectivity index (χ2v) is 7.34. The molecule has 0 spiro atoms. The second-order valence-electron chi connectivity index (χ2n) is 7.34. The molecule has 1 aliphatic heterocycles. The van der Waals surface area contributed by atoms with Crippen molar-refractivity contribution in [2.75, 3.05) is 18.5 Å². The number of benzene rings is 2. The Morgan fingerprint density at radius 1 is 1.00 bits per heavy atom. The lowest BCUT2D eigenvalue weighted by Crippen LogP contribution is -2.45. The summed E-state index contributed by atoms with van der Waals surface area (Å²) in [6.45, 7) is 4.62. The van der Waals surface area contributed by atoms with E-state index < -0.39 is 51.9 Å². The average Bonchev–Trinajstić information content (AvgIpc) is 3.08. The van der Waals surface area contributed by atoms with Crippen LogP contribution in [0.25, 0.3) is 0 Å². The first-order valence-electron chi connectivity index (χ1n) is 10.6. The summed E-state index contributed by atoms with van der Waals surface area (Å²) in [5.41, 5.74) is -1.17. The van der Waals surface area contributed by atoms with Crippen LogP contribution < -0.4 is 5.32 Å². The van der Waals surface area contributed by atoms with E-state index in [0.717, 1.165) is 6.07 Å². The van der Waals surface area contributed by atoms with Gasteiger partial charge in [-0.25, -0.2) is 9.59 Å². The maximum Gasteiger partial charge on any atom is 0.338 e. The van der Waals surface area contributed by atoms with Crippen molar-refractivity contribution in [3.8, 4) is 0 Å². The zero-order valence-corrected chi connectivity index (χ0v) is 19.0. The molecule has 3 amide bonds. The molecule has 12 nitrogen and oxygen atoms in total. The first-order valence-corrected chi connectivity index (χ1v) is 10.6. The number of carbonyl (C=O) groups excluding carboxylic acids is 5. The second kappa shape index (κ2) is 10.1. The first kappa shape index (κ1) is 25.0. The largest absolute Gasteiger partial charge is 0.462 e. The molecular weight excluding hydrogens is 462 g/mol. The van der Waals surface area contributed by atoms with Crippen LogP contribution in [-0.2, 0) is 14.3 Å². The van der Waals surface area contributed by atoms with Crippen LogP contribution in [0.3, 0.4) is 0 Å². The minimum atomic E-state index is -1.38. The van der Waals surface area contributed by atoms with Gasteiger partial charge in [-0.2, -0.15) is 0 Å². The smallest absolute Gasteiger partial charge is 0.338 e. The van der Waals surface area contributed by atoms with Crippen molar-refractivity contribution in [1.29, 1.82) is 0 Å². The lowest BCUT2D eigenvalue weighted by atomic mass is 10.1. The van der Waals surface area contributed by atoms with Gasteiger partial charge in [-0.3, -0.25) is 29.4 Å². The highest BCUT2D eigenvalue weighted by Gasteiger charge is 2.44. The van der Waals surface area contributed by atoms with Crippen molar-refractivity contribution in [3.05, 3.63) is 68.8 Å². The summed E-state index contributed by atoms with van der Waals surface area (Å²) < 4.78 is 9.90. The Kier molecular flexibility index (Phi) is 7.23. The predicted octanol–water partition coefficient (Wildman–Crippen LogP) is 2.57. The molecule has 3 rings (SSSR count). The molecule has 1 N–H and O–H groups in total. The van der Waals surface area contributed by atoms with Crippen LogP contribution in [-0.4, -0.2) is 58.7 Å². The Bertz CT molecular complexity index is 1220. The Morgan fingerprint density at radius 2 is 1.57 bits per heavy atom. The van der Waals surface area contributed by atoms with E-state index >= 15 is 0 Å². The zero-order chi connectivity index (χ0) is 25.9.